The summed E-state index contributed by atoms with van der Waals surface area (Å²) >= 11 is 1.15. The number of aliphatic carboxylic acids is 1. The number of rotatable bonds is 9. The van der Waals surface area contributed by atoms with E-state index < -0.39 is 5.97 Å². The van der Waals surface area contributed by atoms with Crippen molar-refractivity contribution in [3.63, 3.8) is 0 Å². The van der Waals surface area contributed by atoms with Crippen molar-refractivity contribution in [3.8, 4) is 22.8 Å². The highest BCUT2D eigenvalue weighted by atomic mass is 32.2. The molecule has 2 aromatic carbocycles. The minimum Gasteiger partial charge on any atom is -0.494 e. The second-order valence-corrected chi connectivity index (χ2v) is 6.83. The van der Waals surface area contributed by atoms with Crippen LogP contribution < -0.4 is 4.74 Å². The van der Waals surface area contributed by atoms with Gasteiger partial charge in [0.15, 0.2) is 11.0 Å². The molecule has 0 aliphatic carbocycles. The zero-order valence-electron chi connectivity index (χ0n) is 15.0. The first-order valence-electron chi connectivity index (χ1n) is 8.77. The number of hydrogen-bond donors (Lipinski definition) is 1. The van der Waals surface area contributed by atoms with Crippen molar-refractivity contribution in [2.24, 2.45) is 0 Å². The highest BCUT2D eigenvalue weighted by molar-refractivity contribution is 7.99. The SMILES string of the molecule is CCCCOc1ccc(-c2nnc(SCC(=O)O)n2-c2ccccc2)cc1. The summed E-state index contributed by atoms with van der Waals surface area (Å²) < 4.78 is 7.59. The van der Waals surface area contributed by atoms with Crippen LogP contribution in [0.15, 0.2) is 59.8 Å². The maximum Gasteiger partial charge on any atom is 0.313 e. The molecule has 0 bridgehead atoms. The van der Waals surface area contributed by atoms with E-state index in [1.165, 1.54) is 0 Å². The quantitative estimate of drug-likeness (QED) is 0.439. The van der Waals surface area contributed by atoms with E-state index in [1.54, 1.807) is 0 Å². The van der Waals surface area contributed by atoms with Crippen LogP contribution in [0, 0.1) is 0 Å². The molecule has 1 aromatic heterocycles. The molecule has 0 fully saturated rings. The number of carbonyl (C=O) groups is 1. The molecule has 3 rings (SSSR count). The first-order chi connectivity index (χ1) is 13.2. The van der Waals surface area contributed by atoms with Gasteiger partial charge in [0, 0.05) is 11.3 Å². The fourth-order valence-electron chi connectivity index (χ4n) is 2.52. The van der Waals surface area contributed by atoms with Crippen LogP contribution in [0.25, 0.3) is 17.1 Å². The maximum atomic E-state index is 11.0. The topological polar surface area (TPSA) is 77.2 Å². The molecule has 0 radical (unpaired) electrons. The van der Waals surface area contributed by atoms with Crippen molar-refractivity contribution >= 4 is 17.7 Å². The molecule has 0 saturated carbocycles. The van der Waals surface area contributed by atoms with Gasteiger partial charge in [-0.25, -0.2) is 0 Å². The van der Waals surface area contributed by atoms with Gasteiger partial charge in [-0.1, -0.05) is 43.3 Å². The van der Waals surface area contributed by atoms with E-state index in [0.29, 0.717) is 17.6 Å². The number of ether oxygens (including phenoxy) is 1. The Bertz CT molecular complexity index is 879. The number of carboxylic acid groups (broad SMARTS) is 1. The molecule has 0 aliphatic rings. The van der Waals surface area contributed by atoms with E-state index in [1.807, 2.05) is 59.2 Å². The number of nitrogens with zero attached hydrogens (tertiary/aromatic N) is 3. The highest BCUT2D eigenvalue weighted by Gasteiger charge is 2.17. The van der Waals surface area contributed by atoms with Crippen molar-refractivity contribution < 1.29 is 14.6 Å². The smallest absolute Gasteiger partial charge is 0.313 e. The number of para-hydroxylation sites is 1. The third-order valence-corrected chi connectivity index (χ3v) is 4.77. The lowest BCUT2D eigenvalue weighted by molar-refractivity contribution is -0.133. The Morgan fingerprint density at radius 1 is 1.11 bits per heavy atom. The van der Waals surface area contributed by atoms with Gasteiger partial charge in [0.25, 0.3) is 0 Å². The molecule has 140 valence electrons. The average Bonchev–Trinajstić information content (AvgIpc) is 3.12. The molecule has 7 heteroatoms. The maximum absolute atomic E-state index is 11.0. The second kappa shape index (κ2) is 9.23. The van der Waals surface area contributed by atoms with Crippen LogP contribution in [0.5, 0.6) is 5.75 Å². The number of aromatic nitrogens is 3. The van der Waals surface area contributed by atoms with Gasteiger partial charge in [0.05, 0.1) is 12.4 Å². The molecule has 0 spiro atoms. The molecular weight excluding hydrogens is 362 g/mol. The summed E-state index contributed by atoms with van der Waals surface area (Å²) in [4.78, 5) is 11.0. The van der Waals surface area contributed by atoms with E-state index in [0.717, 1.165) is 41.6 Å². The van der Waals surface area contributed by atoms with Crippen molar-refractivity contribution in [2.75, 3.05) is 12.4 Å². The van der Waals surface area contributed by atoms with E-state index in [4.69, 9.17) is 9.84 Å². The standard InChI is InChI=1S/C20H21N3O3S/c1-2-3-13-26-17-11-9-15(10-12-17)19-21-22-20(27-14-18(24)25)23(19)16-7-5-4-6-8-16/h4-12H,2-3,13-14H2,1H3,(H,24,25). The average molecular weight is 383 g/mol. The number of hydrogen-bond acceptors (Lipinski definition) is 5. The van der Waals surface area contributed by atoms with Gasteiger partial charge in [0.2, 0.25) is 0 Å². The van der Waals surface area contributed by atoms with Crippen molar-refractivity contribution in [1.82, 2.24) is 14.8 Å². The first-order valence-corrected chi connectivity index (χ1v) is 9.76. The van der Waals surface area contributed by atoms with E-state index >= 15 is 0 Å². The molecule has 0 amide bonds. The Hall–Kier alpha value is -2.80. The Labute approximate surface area is 162 Å². The summed E-state index contributed by atoms with van der Waals surface area (Å²) in [5, 5.41) is 18.0. The van der Waals surface area contributed by atoms with Crippen LogP contribution in [-0.2, 0) is 4.79 Å². The van der Waals surface area contributed by atoms with Gasteiger partial charge < -0.3 is 9.84 Å². The Balaban J connectivity index is 1.91. The molecule has 0 aliphatic heterocycles. The second-order valence-electron chi connectivity index (χ2n) is 5.89. The summed E-state index contributed by atoms with van der Waals surface area (Å²) in [6.07, 6.45) is 2.11. The van der Waals surface area contributed by atoms with Crippen LogP contribution in [0.1, 0.15) is 19.8 Å². The normalized spacial score (nSPS) is 10.7. The van der Waals surface area contributed by atoms with Crippen LogP contribution in [0.2, 0.25) is 0 Å². The van der Waals surface area contributed by atoms with Crippen molar-refractivity contribution in [2.45, 2.75) is 24.9 Å². The minimum absolute atomic E-state index is 0.0742. The third kappa shape index (κ3) is 4.89. The molecule has 3 aromatic rings. The minimum atomic E-state index is -0.891. The van der Waals surface area contributed by atoms with E-state index in [9.17, 15) is 4.79 Å². The molecule has 0 unspecified atom stereocenters. The van der Waals surface area contributed by atoms with Gasteiger partial charge in [-0.2, -0.15) is 0 Å². The van der Waals surface area contributed by atoms with Crippen LogP contribution >= 0.6 is 11.8 Å². The lowest BCUT2D eigenvalue weighted by Crippen LogP contribution is -2.03. The van der Waals surface area contributed by atoms with Gasteiger partial charge >= 0.3 is 5.97 Å². The first kappa shape index (κ1) is 19.0. The predicted molar refractivity (Wildman–Crippen MR) is 106 cm³/mol. The fraction of sp³-hybridized carbons (Fsp3) is 0.250. The van der Waals surface area contributed by atoms with Crippen molar-refractivity contribution in [1.29, 1.82) is 0 Å². The van der Waals surface area contributed by atoms with Crippen LogP contribution in [0.3, 0.4) is 0 Å². The van der Waals surface area contributed by atoms with Crippen LogP contribution in [-0.4, -0.2) is 38.2 Å². The fourth-order valence-corrected chi connectivity index (χ4v) is 3.19. The number of thioether (sulfide) groups is 1. The molecule has 1 N–H and O–H groups in total. The monoisotopic (exact) mass is 383 g/mol. The summed E-state index contributed by atoms with van der Waals surface area (Å²) in [7, 11) is 0. The summed E-state index contributed by atoms with van der Waals surface area (Å²) in [6, 6.07) is 17.4. The number of benzene rings is 2. The van der Waals surface area contributed by atoms with Crippen LogP contribution in [0.4, 0.5) is 0 Å². The van der Waals surface area contributed by atoms with Gasteiger partial charge in [-0.15, -0.1) is 10.2 Å². The van der Waals surface area contributed by atoms with Gasteiger partial charge in [0.1, 0.15) is 5.75 Å². The Morgan fingerprint density at radius 3 is 2.52 bits per heavy atom. The molecule has 27 heavy (non-hydrogen) atoms. The lowest BCUT2D eigenvalue weighted by atomic mass is 10.2. The highest BCUT2D eigenvalue weighted by Crippen LogP contribution is 2.29. The Kier molecular flexibility index (Phi) is 6.49. The van der Waals surface area contributed by atoms with E-state index in [-0.39, 0.29) is 5.75 Å². The largest absolute Gasteiger partial charge is 0.494 e. The van der Waals surface area contributed by atoms with Gasteiger partial charge in [-0.3, -0.25) is 9.36 Å². The summed E-state index contributed by atoms with van der Waals surface area (Å²) in [6.45, 7) is 2.83. The molecular formula is C20H21N3O3S. The number of carboxylic acids is 1. The lowest BCUT2D eigenvalue weighted by Gasteiger charge is -2.10. The number of unbranched alkanes of at least 4 members (excludes halogenated alkanes) is 1. The molecule has 0 saturated heterocycles. The third-order valence-electron chi connectivity index (χ3n) is 3.85. The predicted octanol–water partition coefficient (Wildman–Crippen LogP) is 4.29. The molecule has 1 heterocycles. The van der Waals surface area contributed by atoms with Crippen molar-refractivity contribution in [3.05, 3.63) is 54.6 Å². The molecule has 6 nitrogen and oxygen atoms in total. The molecule has 0 atom stereocenters. The summed E-state index contributed by atoms with van der Waals surface area (Å²) in [5.41, 5.74) is 1.77. The van der Waals surface area contributed by atoms with Gasteiger partial charge in [-0.05, 0) is 42.8 Å². The van der Waals surface area contributed by atoms with E-state index in [2.05, 4.69) is 17.1 Å². The Morgan fingerprint density at radius 2 is 1.85 bits per heavy atom. The zero-order valence-corrected chi connectivity index (χ0v) is 15.9. The summed E-state index contributed by atoms with van der Waals surface area (Å²) in [5.74, 6) is 0.514. The zero-order chi connectivity index (χ0) is 19.1.